The van der Waals surface area contributed by atoms with Gasteiger partial charge in [-0.15, -0.1) is 0 Å². The number of hydrogen-bond donors (Lipinski definition) is 1. The molecule has 0 heterocycles. The predicted octanol–water partition coefficient (Wildman–Crippen LogP) is 7.07. The lowest BCUT2D eigenvalue weighted by atomic mass is 10.1. The second-order valence-corrected chi connectivity index (χ2v) is 6.10. The smallest absolute Gasteiger partial charge is 0.396 e. The predicted molar refractivity (Wildman–Crippen MR) is 103 cm³/mol. The Bertz CT molecular complexity index is 980. The van der Waals surface area contributed by atoms with Crippen LogP contribution in [-0.4, -0.2) is 11.7 Å². The Kier molecular flexibility index (Phi) is 6.46. The third kappa shape index (κ3) is 6.05. The van der Waals surface area contributed by atoms with Gasteiger partial charge in [-0.25, -0.2) is 0 Å². The molecule has 8 heteroatoms. The van der Waals surface area contributed by atoms with E-state index in [1.165, 1.54) is 12.1 Å². The van der Waals surface area contributed by atoms with Gasteiger partial charge < -0.3 is 5.11 Å². The number of azo groups is 2. The first-order valence-electron chi connectivity index (χ1n) is 8.75. The van der Waals surface area contributed by atoms with Crippen LogP contribution in [0.3, 0.4) is 0 Å². The third-order valence-electron chi connectivity index (χ3n) is 3.94. The van der Waals surface area contributed by atoms with Crippen molar-refractivity contribution in [2.75, 3.05) is 6.61 Å². The van der Waals surface area contributed by atoms with Crippen LogP contribution in [0.25, 0.3) is 0 Å². The number of rotatable bonds is 6. The Morgan fingerprint density at radius 2 is 0.931 bits per heavy atom. The maximum atomic E-state index is 12.5. The summed E-state index contributed by atoms with van der Waals surface area (Å²) in [6.45, 7) is 0.101. The topological polar surface area (TPSA) is 69.7 Å². The highest BCUT2D eigenvalue weighted by Crippen LogP contribution is 2.31. The fourth-order valence-corrected chi connectivity index (χ4v) is 2.39. The van der Waals surface area contributed by atoms with Crippen LogP contribution in [0.15, 0.2) is 93.3 Å². The molecule has 0 spiro atoms. The van der Waals surface area contributed by atoms with E-state index >= 15 is 0 Å². The summed E-state index contributed by atoms with van der Waals surface area (Å²) in [6, 6.07) is 18.7. The van der Waals surface area contributed by atoms with Crippen LogP contribution < -0.4 is 0 Å². The van der Waals surface area contributed by atoms with E-state index in [9.17, 15) is 13.2 Å². The van der Waals surface area contributed by atoms with Crippen LogP contribution in [0.1, 0.15) is 11.1 Å². The molecule has 0 bridgehead atoms. The van der Waals surface area contributed by atoms with Crippen molar-refractivity contribution in [1.29, 1.82) is 0 Å². The highest BCUT2D eigenvalue weighted by atomic mass is 19.4. The van der Waals surface area contributed by atoms with Crippen LogP contribution in [0, 0.1) is 0 Å². The summed E-state index contributed by atoms with van der Waals surface area (Å²) in [4.78, 5) is 0. The molecule has 5 nitrogen and oxygen atoms in total. The van der Waals surface area contributed by atoms with Crippen molar-refractivity contribution in [3.63, 3.8) is 0 Å². The molecule has 0 radical (unpaired) electrons. The van der Waals surface area contributed by atoms with Crippen molar-refractivity contribution in [3.8, 4) is 0 Å². The number of hydrogen-bond acceptors (Lipinski definition) is 5. The van der Waals surface area contributed by atoms with Gasteiger partial charge >= 0.3 is 6.18 Å². The number of benzene rings is 3. The minimum Gasteiger partial charge on any atom is -0.396 e. The minimum absolute atomic E-state index is 0.101. The van der Waals surface area contributed by atoms with E-state index in [0.717, 1.165) is 17.7 Å². The first kappa shape index (κ1) is 20.3. The number of alkyl halides is 3. The summed E-state index contributed by atoms with van der Waals surface area (Å²) in [6.07, 6.45) is -3.78. The van der Waals surface area contributed by atoms with E-state index in [0.29, 0.717) is 29.2 Å². The lowest BCUT2D eigenvalue weighted by Gasteiger charge is -2.05. The Morgan fingerprint density at radius 1 is 0.586 bits per heavy atom. The van der Waals surface area contributed by atoms with Crippen LogP contribution in [-0.2, 0) is 12.6 Å². The summed E-state index contributed by atoms with van der Waals surface area (Å²) in [5.41, 5.74) is 2.47. The average molecular weight is 398 g/mol. The lowest BCUT2D eigenvalue weighted by molar-refractivity contribution is -0.137. The monoisotopic (exact) mass is 398 g/mol. The van der Waals surface area contributed by atoms with Gasteiger partial charge in [-0.1, -0.05) is 12.1 Å². The van der Waals surface area contributed by atoms with Crippen LogP contribution in [0.2, 0.25) is 0 Å². The van der Waals surface area contributed by atoms with E-state index in [1.54, 1.807) is 24.3 Å². The molecule has 0 unspecified atom stereocenters. The summed E-state index contributed by atoms with van der Waals surface area (Å²) in [7, 11) is 0. The summed E-state index contributed by atoms with van der Waals surface area (Å²) in [5.74, 6) is 0. The Hall–Kier alpha value is -3.39. The molecule has 0 saturated heterocycles. The fourth-order valence-electron chi connectivity index (χ4n) is 2.39. The van der Waals surface area contributed by atoms with Crippen molar-refractivity contribution >= 4 is 22.7 Å². The van der Waals surface area contributed by atoms with Crippen molar-refractivity contribution in [2.24, 2.45) is 20.5 Å². The van der Waals surface area contributed by atoms with Crippen molar-refractivity contribution in [2.45, 2.75) is 12.6 Å². The third-order valence-corrected chi connectivity index (χ3v) is 3.94. The van der Waals surface area contributed by atoms with Crippen LogP contribution in [0.5, 0.6) is 0 Å². The van der Waals surface area contributed by atoms with Gasteiger partial charge in [0.15, 0.2) is 0 Å². The normalized spacial score (nSPS) is 12.1. The molecular weight excluding hydrogens is 381 g/mol. The summed E-state index contributed by atoms with van der Waals surface area (Å²) < 4.78 is 37.6. The average Bonchev–Trinajstić information content (AvgIpc) is 2.72. The Morgan fingerprint density at radius 3 is 1.28 bits per heavy atom. The molecule has 29 heavy (non-hydrogen) atoms. The number of aliphatic hydroxyl groups excluding tert-OH is 1. The van der Waals surface area contributed by atoms with Gasteiger partial charge in [0.2, 0.25) is 0 Å². The molecule has 3 rings (SSSR count). The van der Waals surface area contributed by atoms with Gasteiger partial charge in [-0.05, 0) is 72.6 Å². The number of halogens is 3. The minimum atomic E-state index is -4.37. The van der Waals surface area contributed by atoms with E-state index in [4.69, 9.17) is 5.11 Å². The second-order valence-electron chi connectivity index (χ2n) is 6.10. The van der Waals surface area contributed by atoms with Crippen LogP contribution >= 0.6 is 0 Å². The molecule has 0 amide bonds. The SMILES string of the molecule is OCCc1ccc(N=Nc2ccc(N=Nc3ccc(C(F)(F)F)cc3)cc2)cc1. The van der Waals surface area contributed by atoms with E-state index in [1.807, 2.05) is 24.3 Å². The molecule has 0 aromatic heterocycles. The zero-order valence-electron chi connectivity index (χ0n) is 15.2. The van der Waals surface area contributed by atoms with Gasteiger partial charge in [0.1, 0.15) is 0 Å². The van der Waals surface area contributed by atoms with Crippen molar-refractivity contribution in [3.05, 3.63) is 83.9 Å². The molecule has 3 aromatic rings. The first-order valence-corrected chi connectivity index (χ1v) is 8.75. The quantitative estimate of drug-likeness (QED) is 0.443. The summed E-state index contributed by atoms with van der Waals surface area (Å²) in [5, 5.41) is 25.1. The van der Waals surface area contributed by atoms with Crippen molar-refractivity contribution in [1.82, 2.24) is 0 Å². The largest absolute Gasteiger partial charge is 0.416 e. The number of nitrogens with zero attached hydrogens (tertiary/aromatic N) is 4. The molecule has 0 atom stereocenters. The fraction of sp³-hybridized carbons (Fsp3) is 0.143. The molecule has 0 aliphatic carbocycles. The Labute approximate surface area is 165 Å². The Balaban J connectivity index is 1.61. The van der Waals surface area contributed by atoms with Crippen LogP contribution in [0.4, 0.5) is 35.9 Å². The molecule has 1 N–H and O–H groups in total. The highest BCUT2D eigenvalue weighted by Gasteiger charge is 2.29. The molecular formula is C21H17F3N4O. The van der Waals surface area contributed by atoms with Gasteiger partial charge in [0.05, 0.1) is 28.3 Å². The summed E-state index contributed by atoms with van der Waals surface area (Å²) >= 11 is 0. The van der Waals surface area contributed by atoms with Gasteiger partial charge in [0.25, 0.3) is 0 Å². The molecule has 148 valence electrons. The highest BCUT2D eigenvalue weighted by molar-refractivity contribution is 5.48. The molecule has 0 saturated carbocycles. The van der Waals surface area contributed by atoms with E-state index in [-0.39, 0.29) is 6.61 Å². The van der Waals surface area contributed by atoms with Gasteiger partial charge in [-0.3, -0.25) is 0 Å². The zero-order chi connectivity index (χ0) is 20.7. The standard InChI is InChI=1S/C21H17F3N4O/c22-21(23,24)16-3-7-18(8-4-16)26-28-20-11-9-19(10-12-20)27-25-17-5-1-15(2-6-17)13-14-29/h1-12,29H,13-14H2. The maximum absolute atomic E-state index is 12.5. The van der Waals surface area contributed by atoms with E-state index in [2.05, 4.69) is 20.5 Å². The molecule has 3 aromatic carbocycles. The van der Waals surface area contributed by atoms with Gasteiger partial charge in [-0.2, -0.15) is 33.6 Å². The molecule has 0 aliphatic rings. The number of aliphatic hydroxyl groups is 1. The zero-order valence-corrected chi connectivity index (χ0v) is 15.2. The maximum Gasteiger partial charge on any atom is 0.416 e. The second kappa shape index (κ2) is 9.20. The van der Waals surface area contributed by atoms with E-state index < -0.39 is 11.7 Å². The van der Waals surface area contributed by atoms with Gasteiger partial charge in [0, 0.05) is 6.61 Å². The molecule has 0 fully saturated rings. The lowest BCUT2D eigenvalue weighted by Crippen LogP contribution is -2.03. The molecule has 0 aliphatic heterocycles. The first-order chi connectivity index (χ1) is 13.9. The van der Waals surface area contributed by atoms with Crippen molar-refractivity contribution < 1.29 is 18.3 Å².